The molecule has 0 aliphatic rings. The maximum absolute atomic E-state index is 11.2. The Hall–Kier alpha value is -3.15. The number of aromatic amines is 1. The van der Waals surface area contributed by atoms with Gasteiger partial charge in [-0.3, -0.25) is 9.78 Å². The van der Waals surface area contributed by atoms with Crippen molar-refractivity contribution in [3.05, 3.63) is 54.5 Å². The van der Waals surface area contributed by atoms with Gasteiger partial charge in [0.15, 0.2) is 0 Å². The summed E-state index contributed by atoms with van der Waals surface area (Å²) in [5, 5.41) is 9.17. The SMILES string of the molecule is CC(C)CCc1cnc(-c2ccc(-c3ccc(OCC(C)(C)C(=O)O)cc3)nc2)[nH]1. The minimum atomic E-state index is -0.934. The molecule has 3 aromatic rings. The van der Waals surface area contributed by atoms with Gasteiger partial charge in [0, 0.05) is 29.2 Å². The molecule has 6 nitrogen and oxygen atoms in total. The number of nitrogens with zero attached hydrogens (tertiary/aromatic N) is 2. The predicted octanol–water partition coefficient (Wildman–Crippen LogP) is 5.22. The first-order chi connectivity index (χ1) is 14.2. The van der Waals surface area contributed by atoms with Crippen LogP contribution in [0.25, 0.3) is 22.6 Å². The summed E-state index contributed by atoms with van der Waals surface area (Å²) in [5.41, 5.74) is 2.97. The van der Waals surface area contributed by atoms with Crippen LogP contribution in [0.15, 0.2) is 48.8 Å². The highest BCUT2D eigenvalue weighted by molar-refractivity contribution is 5.73. The average molecular weight is 408 g/mol. The largest absolute Gasteiger partial charge is 0.492 e. The van der Waals surface area contributed by atoms with Gasteiger partial charge < -0.3 is 14.8 Å². The van der Waals surface area contributed by atoms with Crippen LogP contribution in [0.1, 0.15) is 39.8 Å². The summed E-state index contributed by atoms with van der Waals surface area (Å²) in [7, 11) is 0. The third-order valence-electron chi connectivity index (χ3n) is 4.99. The van der Waals surface area contributed by atoms with Crippen LogP contribution in [-0.4, -0.2) is 32.6 Å². The van der Waals surface area contributed by atoms with E-state index in [9.17, 15) is 9.90 Å². The fraction of sp³-hybridized carbons (Fsp3) is 0.375. The second kappa shape index (κ2) is 9.11. The number of carbonyl (C=O) groups is 1. The fourth-order valence-corrected chi connectivity index (χ4v) is 2.83. The van der Waals surface area contributed by atoms with Gasteiger partial charge in [-0.25, -0.2) is 4.98 Å². The minimum absolute atomic E-state index is 0.108. The van der Waals surface area contributed by atoms with E-state index in [1.54, 1.807) is 13.8 Å². The number of hydrogen-bond acceptors (Lipinski definition) is 4. The van der Waals surface area contributed by atoms with Crippen LogP contribution in [0.5, 0.6) is 5.75 Å². The Morgan fingerprint density at radius 1 is 1.07 bits per heavy atom. The molecule has 3 rings (SSSR count). The van der Waals surface area contributed by atoms with E-state index in [-0.39, 0.29) is 6.61 Å². The molecule has 0 saturated heterocycles. The molecule has 2 heterocycles. The number of benzene rings is 1. The van der Waals surface area contributed by atoms with E-state index < -0.39 is 11.4 Å². The van der Waals surface area contributed by atoms with Gasteiger partial charge in [-0.2, -0.15) is 0 Å². The lowest BCUT2D eigenvalue weighted by Crippen LogP contribution is -2.30. The Morgan fingerprint density at radius 3 is 2.37 bits per heavy atom. The van der Waals surface area contributed by atoms with Crippen LogP contribution in [0, 0.1) is 11.3 Å². The van der Waals surface area contributed by atoms with Crippen LogP contribution >= 0.6 is 0 Å². The summed E-state index contributed by atoms with van der Waals surface area (Å²) in [4.78, 5) is 23.6. The Kier molecular flexibility index (Phi) is 6.55. The molecule has 0 saturated carbocycles. The van der Waals surface area contributed by atoms with Gasteiger partial charge in [-0.05, 0) is 69.0 Å². The molecule has 1 aromatic carbocycles. The Bertz CT molecular complexity index is 974. The lowest BCUT2D eigenvalue weighted by Gasteiger charge is -2.19. The quantitative estimate of drug-likeness (QED) is 0.508. The number of ether oxygens (including phenoxy) is 1. The minimum Gasteiger partial charge on any atom is -0.492 e. The number of hydrogen-bond donors (Lipinski definition) is 2. The number of rotatable bonds is 9. The number of aromatic nitrogens is 3. The van der Waals surface area contributed by atoms with Gasteiger partial charge in [-0.15, -0.1) is 0 Å². The number of H-pyrrole nitrogens is 1. The van der Waals surface area contributed by atoms with Gasteiger partial charge >= 0.3 is 5.97 Å². The highest BCUT2D eigenvalue weighted by Crippen LogP contribution is 2.25. The number of nitrogens with one attached hydrogen (secondary N) is 1. The van der Waals surface area contributed by atoms with Crippen molar-refractivity contribution < 1.29 is 14.6 Å². The molecule has 2 N–H and O–H groups in total. The van der Waals surface area contributed by atoms with E-state index in [2.05, 4.69) is 28.8 Å². The molecule has 0 aliphatic heterocycles. The summed E-state index contributed by atoms with van der Waals surface area (Å²) >= 11 is 0. The van der Waals surface area contributed by atoms with Crippen molar-refractivity contribution >= 4 is 5.97 Å². The fourth-order valence-electron chi connectivity index (χ4n) is 2.83. The molecular weight excluding hydrogens is 378 g/mol. The number of aliphatic carboxylic acids is 1. The zero-order valence-electron chi connectivity index (χ0n) is 18.0. The molecule has 0 aliphatic carbocycles. The van der Waals surface area contributed by atoms with Gasteiger partial charge in [0.2, 0.25) is 0 Å². The molecule has 0 spiro atoms. The topological polar surface area (TPSA) is 88.1 Å². The summed E-state index contributed by atoms with van der Waals surface area (Å²) in [5.74, 6) is 1.25. The van der Waals surface area contributed by atoms with Crippen molar-refractivity contribution in [1.82, 2.24) is 15.0 Å². The summed E-state index contributed by atoms with van der Waals surface area (Å²) < 4.78 is 5.62. The summed E-state index contributed by atoms with van der Waals surface area (Å²) in [6.45, 7) is 7.82. The predicted molar refractivity (Wildman–Crippen MR) is 117 cm³/mol. The van der Waals surface area contributed by atoms with Crippen LogP contribution in [0.2, 0.25) is 0 Å². The van der Waals surface area contributed by atoms with Crippen molar-refractivity contribution in [2.45, 2.75) is 40.5 Å². The van der Waals surface area contributed by atoms with E-state index in [1.165, 1.54) is 0 Å². The van der Waals surface area contributed by atoms with E-state index in [4.69, 9.17) is 4.74 Å². The molecule has 0 radical (unpaired) electrons. The Morgan fingerprint density at radius 2 is 1.77 bits per heavy atom. The van der Waals surface area contributed by atoms with E-state index in [1.807, 2.05) is 48.8 Å². The molecular formula is C24H29N3O3. The molecule has 0 fully saturated rings. The van der Waals surface area contributed by atoms with Crippen molar-refractivity contribution in [3.8, 4) is 28.4 Å². The third kappa shape index (κ3) is 5.47. The number of carboxylic acid groups (broad SMARTS) is 1. The first kappa shape index (κ1) is 21.6. The normalized spacial score (nSPS) is 11.6. The van der Waals surface area contributed by atoms with E-state index >= 15 is 0 Å². The molecule has 30 heavy (non-hydrogen) atoms. The number of pyridine rings is 1. The van der Waals surface area contributed by atoms with Crippen molar-refractivity contribution in [3.63, 3.8) is 0 Å². The van der Waals surface area contributed by atoms with Gasteiger partial charge in [0.05, 0.1) is 11.1 Å². The number of aryl methyl sites for hydroxylation is 1. The number of carboxylic acids is 1. The zero-order chi connectivity index (χ0) is 21.7. The maximum Gasteiger partial charge on any atom is 0.312 e. The molecule has 158 valence electrons. The highest BCUT2D eigenvalue weighted by Gasteiger charge is 2.28. The Labute approximate surface area is 177 Å². The molecule has 0 unspecified atom stereocenters. The van der Waals surface area contributed by atoms with Crippen LogP contribution in [0.3, 0.4) is 0 Å². The van der Waals surface area contributed by atoms with Gasteiger partial charge in [-0.1, -0.05) is 13.8 Å². The van der Waals surface area contributed by atoms with Crippen molar-refractivity contribution in [2.75, 3.05) is 6.61 Å². The average Bonchev–Trinajstić information content (AvgIpc) is 3.20. The molecule has 0 atom stereocenters. The maximum atomic E-state index is 11.2. The molecule has 0 amide bonds. The smallest absolute Gasteiger partial charge is 0.312 e. The first-order valence-corrected chi connectivity index (χ1v) is 10.2. The zero-order valence-corrected chi connectivity index (χ0v) is 18.0. The highest BCUT2D eigenvalue weighted by atomic mass is 16.5. The van der Waals surface area contributed by atoms with Gasteiger partial charge in [0.1, 0.15) is 18.2 Å². The Balaban J connectivity index is 1.64. The first-order valence-electron chi connectivity index (χ1n) is 10.2. The van der Waals surface area contributed by atoms with Crippen LogP contribution < -0.4 is 4.74 Å². The lowest BCUT2D eigenvalue weighted by atomic mass is 9.95. The number of imidazole rings is 1. The van der Waals surface area contributed by atoms with Gasteiger partial charge in [0.25, 0.3) is 0 Å². The second-order valence-corrected chi connectivity index (χ2v) is 8.62. The van der Waals surface area contributed by atoms with Crippen LogP contribution in [0.4, 0.5) is 0 Å². The molecule has 6 heteroatoms. The summed E-state index contributed by atoms with van der Waals surface area (Å²) in [6.07, 6.45) is 5.84. The third-order valence-corrected chi connectivity index (χ3v) is 4.99. The molecule has 0 bridgehead atoms. The van der Waals surface area contributed by atoms with Crippen molar-refractivity contribution in [2.24, 2.45) is 11.3 Å². The monoisotopic (exact) mass is 407 g/mol. The summed E-state index contributed by atoms with van der Waals surface area (Å²) in [6, 6.07) is 11.5. The van der Waals surface area contributed by atoms with Crippen LogP contribution in [-0.2, 0) is 11.2 Å². The second-order valence-electron chi connectivity index (χ2n) is 8.62. The standard InChI is InChI=1S/C24H29N3O3/c1-16(2)5-9-19-14-26-22(27-19)18-8-12-21(25-13-18)17-6-10-20(11-7-17)30-15-24(3,4)23(28)29/h6-8,10-14,16H,5,9,15H2,1-4H3,(H,26,27)(H,28,29). The molecule has 2 aromatic heterocycles. The lowest BCUT2D eigenvalue weighted by molar-refractivity contribution is -0.148. The van der Waals surface area contributed by atoms with Crippen molar-refractivity contribution in [1.29, 1.82) is 0 Å². The van der Waals surface area contributed by atoms with E-state index in [0.29, 0.717) is 11.7 Å². The van der Waals surface area contributed by atoms with E-state index in [0.717, 1.165) is 41.2 Å².